The normalized spacial score (nSPS) is 16.5. The van der Waals surface area contributed by atoms with Gasteiger partial charge in [-0.05, 0) is 31.0 Å². The Bertz CT molecular complexity index is 946. The van der Waals surface area contributed by atoms with Crippen molar-refractivity contribution in [1.29, 1.82) is 0 Å². The molecule has 0 saturated heterocycles. The molecule has 1 fully saturated rings. The molecule has 1 unspecified atom stereocenters. The van der Waals surface area contributed by atoms with E-state index < -0.39 is 55.4 Å². The SMILES string of the molecule is C=CCC(=NO)C(C(=O)c1ccc(C(F)(F)F)cc1S(C)(=O)=O)C(=O)C1CC1. The number of Topliss-reactive ketones (excluding diaryl/α,β-unsaturated/α-hetero) is 2. The predicted molar refractivity (Wildman–Crippen MR) is 94.1 cm³/mol. The van der Waals surface area contributed by atoms with E-state index >= 15 is 0 Å². The van der Waals surface area contributed by atoms with Gasteiger partial charge >= 0.3 is 6.18 Å². The van der Waals surface area contributed by atoms with Gasteiger partial charge in [0.25, 0.3) is 0 Å². The lowest BCUT2D eigenvalue weighted by Gasteiger charge is -2.18. The van der Waals surface area contributed by atoms with E-state index in [4.69, 9.17) is 0 Å². The molecule has 0 amide bonds. The van der Waals surface area contributed by atoms with Crippen LogP contribution in [0.25, 0.3) is 0 Å². The van der Waals surface area contributed by atoms with Crippen LogP contribution >= 0.6 is 0 Å². The number of halogens is 3. The molecule has 0 radical (unpaired) electrons. The summed E-state index contributed by atoms with van der Waals surface area (Å²) in [5, 5.41) is 12.2. The molecule has 1 saturated carbocycles. The number of hydrogen-bond acceptors (Lipinski definition) is 6. The second-order valence-corrected chi connectivity index (χ2v) is 8.52. The van der Waals surface area contributed by atoms with Crippen molar-refractivity contribution in [3.8, 4) is 0 Å². The molecule has 10 heteroatoms. The zero-order valence-corrected chi connectivity index (χ0v) is 15.7. The van der Waals surface area contributed by atoms with Crippen LogP contribution in [0.15, 0.2) is 40.9 Å². The molecule has 0 bridgehead atoms. The van der Waals surface area contributed by atoms with E-state index in [2.05, 4.69) is 11.7 Å². The average Bonchev–Trinajstić information content (AvgIpc) is 3.43. The Morgan fingerprint density at radius 1 is 1.36 bits per heavy atom. The van der Waals surface area contributed by atoms with Gasteiger partial charge in [0, 0.05) is 24.2 Å². The summed E-state index contributed by atoms with van der Waals surface area (Å²) in [7, 11) is -4.22. The lowest BCUT2D eigenvalue weighted by molar-refractivity contribution is -0.137. The lowest BCUT2D eigenvalue weighted by atomic mass is 9.85. The van der Waals surface area contributed by atoms with Crippen LogP contribution in [0.5, 0.6) is 0 Å². The number of alkyl halides is 3. The van der Waals surface area contributed by atoms with Crippen LogP contribution in [0.3, 0.4) is 0 Å². The highest BCUT2D eigenvalue weighted by atomic mass is 32.2. The Hall–Kier alpha value is -2.49. The van der Waals surface area contributed by atoms with Gasteiger partial charge in [0.1, 0.15) is 5.92 Å². The van der Waals surface area contributed by atoms with Crippen LogP contribution in [0.4, 0.5) is 13.2 Å². The Balaban J connectivity index is 2.63. The third-order valence-electron chi connectivity index (χ3n) is 4.32. The Labute approximate surface area is 159 Å². The van der Waals surface area contributed by atoms with Gasteiger partial charge in [-0.1, -0.05) is 11.2 Å². The number of rotatable bonds is 8. The van der Waals surface area contributed by atoms with Gasteiger partial charge in [-0.25, -0.2) is 8.42 Å². The number of benzene rings is 1. The van der Waals surface area contributed by atoms with Gasteiger partial charge in [0.2, 0.25) is 0 Å². The molecule has 1 aromatic rings. The third kappa shape index (κ3) is 4.67. The summed E-state index contributed by atoms with van der Waals surface area (Å²) in [5.41, 5.74) is -2.03. The van der Waals surface area contributed by atoms with E-state index in [1.807, 2.05) is 0 Å². The number of carbonyl (C=O) groups is 2. The summed E-state index contributed by atoms with van der Waals surface area (Å²) >= 11 is 0. The van der Waals surface area contributed by atoms with E-state index in [0.717, 1.165) is 6.07 Å². The first-order chi connectivity index (χ1) is 12.9. The molecular weight excluding hydrogens is 399 g/mol. The summed E-state index contributed by atoms with van der Waals surface area (Å²) < 4.78 is 63.0. The van der Waals surface area contributed by atoms with Crippen molar-refractivity contribution in [3.05, 3.63) is 42.0 Å². The molecule has 0 aromatic heterocycles. The monoisotopic (exact) mass is 417 g/mol. The van der Waals surface area contributed by atoms with Gasteiger partial charge < -0.3 is 5.21 Å². The molecule has 6 nitrogen and oxygen atoms in total. The van der Waals surface area contributed by atoms with Gasteiger partial charge in [-0.15, -0.1) is 6.58 Å². The maximum absolute atomic E-state index is 13.0. The van der Waals surface area contributed by atoms with Crippen molar-refractivity contribution in [3.63, 3.8) is 0 Å². The Morgan fingerprint density at radius 2 is 1.96 bits per heavy atom. The second kappa shape index (κ2) is 7.86. The van der Waals surface area contributed by atoms with Crippen LogP contribution in [-0.2, 0) is 20.8 Å². The van der Waals surface area contributed by atoms with E-state index in [1.165, 1.54) is 6.08 Å². The van der Waals surface area contributed by atoms with Gasteiger partial charge in [0.15, 0.2) is 21.4 Å². The number of oxime groups is 1. The summed E-state index contributed by atoms with van der Waals surface area (Å²) in [4.78, 5) is 24.8. The molecule has 1 atom stereocenters. The number of sulfone groups is 1. The van der Waals surface area contributed by atoms with Crippen molar-refractivity contribution in [1.82, 2.24) is 0 Å². The first-order valence-corrected chi connectivity index (χ1v) is 10.1. The molecule has 1 aromatic carbocycles. The van der Waals surface area contributed by atoms with Crippen LogP contribution in [-0.4, -0.2) is 37.2 Å². The number of nitrogens with zero attached hydrogens (tertiary/aromatic N) is 1. The Kier molecular flexibility index (Phi) is 6.12. The van der Waals surface area contributed by atoms with Crippen LogP contribution in [0.1, 0.15) is 35.2 Å². The maximum atomic E-state index is 13.0. The first-order valence-electron chi connectivity index (χ1n) is 8.22. The second-order valence-electron chi connectivity index (χ2n) is 6.54. The standard InChI is InChI=1S/C18H18F3NO5S/c1-3-4-13(22-25)15(16(23)10-5-6-10)17(24)12-8-7-11(18(19,20)21)9-14(12)28(2,26)27/h3,7-10,15,25H,1,4-6H2,2H3. The molecule has 1 aliphatic carbocycles. The van der Waals surface area contributed by atoms with Gasteiger partial charge in [-0.3, -0.25) is 9.59 Å². The highest BCUT2D eigenvalue weighted by Crippen LogP contribution is 2.36. The van der Waals surface area contributed by atoms with E-state index in [1.54, 1.807) is 0 Å². The summed E-state index contributed by atoms with van der Waals surface area (Å²) in [5.74, 6) is -3.61. The largest absolute Gasteiger partial charge is 0.416 e. The number of allylic oxidation sites excluding steroid dienone is 1. The highest BCUT2D eigenvalue weighted by molar-refractivity contribution is 7.90. The summed E-state index contributed by atoms with van der Waals surface area (Å²) in [6.45, 7) is 3.44. The molecule has 2 rings (SSSR count). The quantitative estimate of drug-likeness (QED) is 0.175. The van der Waals surface area contributed by atoms with Gasteiger partial charge in [-0.2, -0.15) is 13.2 Å². The number of hydrogen-bond donors (Lipinski definition) is 1. The fourth-order valence-electron chi connectivity index (χ4n) is 2.78. The minimum absolute atomic E-state index is 0.125. The van der Waals surface area contributed by atoms with E-state index in [-0.39, 0.29) is 12.1 Å². The zero-order valence-electron chi connectivity index (χ0n) is 14.9. The average molecular weight is 417 g/mol. The third-order valence-corrected chi connectivity index (χ3v) is 5.45. The number of carbonyl (C=O) groups excluding carboxylic acids is 2. The molecule has 0 spiro atoms. The van der Waals surface area contributed by atoms with E-state index in [0.29, 0.717) is 31.2 Å². The Morgan fingerprint density at radius 3 is 2.39 bits per heavy atom. The fraction of sp³-hybridized carbons (Fsp3) is 0.389. The van der Waals surface area contributed by atoms with Crippen molar-refractivity contribution < 1.29 is 36.4 Å². The molecule has 0 aliphatic heterocycles. The van der Waals surface area contributed by atoms with Crippen LogP contribution < -0.4 is 0 Å². The maximum Gasteiger partial charge on any atom is 0.416 e. The number of ketones is 2. The molecule has 28 heavy (non-hydrogen) atoms. The van der Waals surface area contributed by atoms with E-state index in [9.17, 15) is 36.4 Å². The molecule has 152 valence electrons. The lowest BCUT2D eigenvalue weighted by Crippen LogP contribution is -2.34. The van der Waals surface area contributed by atoms with Crippen LogP contribution in [0, 0.1) is 11.8 Å². The van der Waals surface area contributed by atoms with Gasteiger partial charge in [0.05, 0.1) is 16.2 Å². The van der Waals surface area contributed by atoms with Crippen molar-refractivity contribution in [2.75, 3.05) is 6.26 Å². The summed E-state index contributed by atoms with van der Waals surface area (Å²) in [6.07, 6.45) is -1.92. The van der Waals surface area contributed by atoms with Crippen molar-refractivity contribution >= 4 is 27.1 Å². The molecule has 1 N–H and O–H groups in total. The van der Waals surface area contributed by atoms with Crippen molar-refractivity contribution in [2.45, 2.75) is 30.3 Å². The highest BCUT2D eigenvalue weighted by Gasteiger charge is 2.42. The molecular formula is C18H18F3NO5S. The van der Waals surface area contributed by atoms with Crippen LogP contribution in [0.2, 0.25) is 0 Å². The predicted octanol–water partition coefficient (Wildman–Crippen LogP) is 3.29. The minimum Gasteiger partial charge on any atom is -0.411 e. The molecule has 1 aliphatic rings. The minimum atomic E-state index is -4.81. The smallest absolute Gasteiger partial charge is 0.411 e. The topological polar surface area (TPSA) is 101 Å². The summed E-state index contributed by atoms with van der Waals surface area (Å²) in [6, 6.07) is 1.67. The molecule has 0 heterocycles. The first kappa shape index (κ1) is 21.8. The zero-order chi connectivity index (χ0) is 21.3. The fourth-order valence-corrected chi connectivity index (χ4v) is 3.69. The van der Waals surface area contributed by atoms with Crippen molar-refractivity contribution in [2.24, 2.45) is 17.0 Å².